The summed E-state index contributed by atoms with van der Waals surface area (Å²) in [5, 5.41) is 0. The Morgan fingerprint density at radius 2 is 2.25 bits per heavy atom. The first-order chi connectivity index (χ1) is 7.70. The Morgan fingerprint density at radius 1 is 1.50 bits per heavy atom. The van der Waals surface area contributed by atoms with Crippen LogP contribution in [0.5, 0.6) is 0 Å². The Labute approximate surface area is 95.0 Å². The maximum atomic E-state index is 12.1. The largest absolute Gasteiger partial charge is 0.397 e. The second-order valence-electron chi connectivity index (χ2n) is 4.02. The van der Waals surface area contributed by atoms with Gasteiger partial charge < -0.3 is 15.4 Å². The van der Waals surface area contributed by atoms with E-state index in [1.165, 1.54) is 0 Å². The van der Waals surface area contributed by atoms with Crippen LogP contribution in [-0.2, 0) is 9.53 Å². The number of anilines is 2. The maximum absolute atomic E-state index is 12.1. The van der Waals surface area contributed by atoms with Gasteiger partial charge >= 0.3 is 0 Å². The van der Waals surface area contributed by atoms with Gasteiger partial charge in [0.05, 0.1) is 23.9 Å². The van der Waals surface area contributed by atoms with Gasteiger partial charge in [-0.05, 0) is 18.6 Å². The first kappa shape index (κ1) is 11.0. The molecule has 1 aromatic rings. The second-order valence-corrected chi connectivity index (χ2v) is 4.02. The molecule has 86 valence electrons. The number of carbonyl (C=O) groups excluding carboxylic acids is 1. The summed E-state index contributed by atoms with van der Waals surface area (Å²) in [6.45, 7) is 1.20. The van der Waals surface area contributed by atoms with Crippen molar-refractivity contribution in [3.8, 4) is 0 Å². The molecule has 2 rings (SSSR count). The third-order valence-corrected chi connectivity index (χ3v) is 2.91. The summed E-state index contributed by atoms with van der Waals surface area (Å²) in [4.78, 5) is 13.7. The lowest BCUT2D eigenvalue weighted by molar-refractivity contribution is -0.122. The summed E-state index contributed by atoms with van der Waals surface area (Å²) in [5.74, 6) is 0.0556. The first-order valence-corrected chi connectivity index (χ1v) is 5.40. The van der Waals surface area contributed by atoms with Gasteiger partial charge in [-0.3, -0.25) is 4.79 Å². The lowest BCUT2D eigenvalue weighted by Gasteiger charge is -2.21. The molecule has 1 atom stereocenters. The van der Waals surface area contributed by atoms with E-state index in [1.807, 2.05) is 18.2 Å². The van der Waals surface area contributed by atoms with E-state index in [1.54, 1.807) is 18.0 Å². The summed E-state index contributed by atoms with van der Waals surface area (Å²) in [7, 11) is 1.76. The Morgan fingerprint density at radius 3 is 2.88 bits per heavy atom. The minimum Gasteiger partial charge on any atom is -0.397 e. The molecule has 1 aliphatic rings. The molecule has 4 heteroatoms. The predicted molar refractivity (Wildman–Crippen MR) is 63.2 cm³/mol. The van der Waals surface area contributed by atoms with Crippen molar-refractivity contribution in [1.82, 2.24) is 0 Å². The fraction of sp³-hybridized carbons (Fsp3) is 0.417. The normalized spacial score (nSPS) is 19.7. The van der Waals surface area contributed by atoms with Crippen LogP contribution in [0.4, 0.5) is 11.4 Å². The molecule has 1 heterocycles. The van der Waals surface area contributed by atoms with E-state index in [2.05, 4.69) is 0 Å². The van der Waals surface area contributed by atoms with Gasteiger partial charge in [-0.2, -0.15) is 0 Å². The molecule has 0 spiro atoms. The Kier molecular flexibility index (Phi) is 3.10. The number of amides is 1. The third-order valence-electron chi connectivity index (χ3n) is 2.91. The van der Waals surface area contributed by atoms with Gasteiger partial charge in [0.25, 0.3) is 0 Å². The van der Waals surface area contributed by atoms with E-state index in [4.69, 9.17) is 10.5 Å². The molecule has 16 heavy (non-hydrogen) atoms. The van der Waals surface area contributed by atoms with E-state index in [-0.39, 0.29) is 11.8 Å². The number of ether oxygens (including phenoxy) is 1. The van der Waals surface area contributed by atoms with Crippen molar-refractivity contribution in [1.29, 1.82) is 0 Å². The van der Waals surface area contributed by atoms with Gasteiger partial charge in [0.15, 0.2) is 0 Å². The van der Waals surface area contributed by atoms with E-state index in [9.17, 15) is 4.79 Å². The molecule has 1 saturated heterocycles. The fourth-order valence-electron chi connectivity index (χ4n) is 1.91. The van der Waals surface area contributed by atoms with Gasteiger partial charge in [0.1, 0.15) is 0 Å². The van der Waals surface area contributed by atoms with Crippen LogP contribution in [0.1, 0.15) is 6.42 Å². The number of hydrogen-bond acceptors (Lipinski definition) is 3. The molecule has 1 unspecified atom stereocenters. The number of hydrogen-bond donors (Lipinski definition) is 1. The second kappa shape index (κ2) is 4.53. The molecule has 1 fully saturated rings. The number of nitrogens with two attached hydrogens (primary N) is 1. The van der Waals surface area contributed by atoms with Crippen LogP contribution in [0, 0.1) is 5.92 Å². The van der Waals surface area contributed by atoms with Crippen LogP contribution in [0.15, 0.2) is 24.3 Å². The number of carbonyl (C=O) groups is 1. The number of rotatable bonds is 2. The van der Waals surface area contributed by atoms with Crippen molar-refractivity contribution in [2.45, 2.75) is 6.42 Å². The van der Waals surface area contributed by atoms with Gasteiger partial charge in [-0.15, -0.1) is 0 Å². The van der Waals surface area contributed by atoms with Crippen LogP contribution in [0.2, 0.25) is 0 Å². The topological polar surface area (TPSA) is 55.6 Å². The molecule has 1 aromatic carbocycles. The van der Waals surface area contributed by atoms with Crippen LogP contribution in [0.25, 0.3) is 0 Å². The van der Waals surface area contributed by atoms with Gasteiger partial charge in [-0.25, -0.2) is 0 Å². The monoisotopic (exact) mass is 220 g/mol. The van der Waals surface area contributed by atoms with Crippen molar-refractivity contribution >= 4 is 17.3 Å². The summed E-state index contributed by atoms with van der Waals surface area (Å²) in [6, 6.07) is 7.38. The van der Waals surface area contributed by atoms with Crippen molar-refractivity contribution in [2.24, 2.45) is 5.92 Å². The molecule has 1 amide bonds. The van der Waals surface area contributed by atoms with E-state index >= 15 is 0 Å². The number of nitrogen functional groups attached to an aromatic ring is 1. The van der Waals surface area contributed by atoms with Crippen molar-refractivity contribution in [2.75, 3.05) is 30.9 Å². The van der Waals surface area contributed by atoms with Crippen LogP contribution in [0.3, 0.4) is 0 Å². The SMILES string of the molecule is CN(C(=O)C1CCOC1)c1ccccc1N. The summed E-state index contributed by atoms with van der Waals surface area (Å²) in [5.41, 5.74) is 7.22. The number of nitrogens with zero attached hydrogens (tertiary/aromatic N) is 1. The molecule has 0 saturated carbocycles. The number of benzene rings is 1. The quantitative estimate of drug-likeness (QED) is 0.763. The molecular formula is C12H16N2O2. The summed E-state index contributed by atoms with van der Waals surface area (Å²) >= 11 is 0. The predicted octanol–water partition coefficient (Wildman–Crippen LogP) is 1.27. The van der Waals surface area contributed by atoms with E-state index in [0.717, 1.165) is 12.1 Å². The average molecular weight is 220 g/mol. The Hall–Kier alpha value is -1.55. The lowest BCUT2D eigenvalue weighted by Crippen LogP contribution is -2.33. The molecule has 4 nitrogen and oxygen atoms in total. The smallest absolute Gasteiger partial charge is 0.232 e. The van der Waals surface area contributed by atoms with Crippen LogP contribution in [-0.4, -0.2) is 26.2 Å². The highest BCUT2D eigenvalue weighted by Crippen LogP contribution is 2.24. The maximum Gasteiger partial charge on any atom is 0.232 e. The minimum atomic E-state index is -0.0235. The molecule has 0 aliphatic carbocycles. The summed E-state index contributed by atoms with van der Waals surface area (Å²) in [6.07, 6.45) is 0.801. The molecule has 1 aliphatic heterocycles. The van der Waals surface area contributed by atoms with Gasteiger partial charge in [0, 0.05) is 13.7 Å². The minimum absolute atomic E-state index is 0.0235. The van der Waals surface area contributed by atoms with E-state index < -0.39 is 0 Å². The van der Waals surface area contributed by atoms with Gasteiger partial charge in [0.2, 0.25) is 5.91 Å². The lowest BCUT2D eigenvalue weighted by atomic mass is 10.1. The van der Waals surface area contributed by atoms with Crippen molar-refractivity contribution in [3.05, 3.63) is 24.3 Å². The highest BCUT2D eigenvalue weighted by atomic mass is 16.5. The Bertz CT molecular complexity index is 386. The molecule has 2 N–H and O–H groups in total. The van der Waals surface area contributed by atoms with Crippen molar-refractivity contribution < 1.29 is 9.53 Å². The molecule has 0 aromatic heterocycles. The summed E-state index contributed by atoms with van der Waals surface area (Å²) < 4.78 is 5.22. The zero-order chi connectivity index (χ0) is 11.5. The van der Waals surface area contributed by atoms with Crippen LogP contribution >= 0.6 is 0 Å². The third kappa shape index (κ3) is 2.02. The number of para-hydroxylation sites is 2. The van der Waals surface area contributed by atoms with E-state index in [0.29, 0.717) is 18.9 Å². The molecule has 0 bridgehead atoms. The highest BCUT2D eigenvalue weighted by molar-refractivity contribution is 5.97. The highest BCUT2D eigenvalue weighted by Gasteiger charge is 2.27. The molecule has 0 radical (unpaired) electrons. The zero-order valence-corrected chi connectivity index (χ0v) is 9.35. The van der Waals surface area contributed by atoms with Crippen molar-refractivity contribution in [3.63, 3.8) is 0 Å². The van der Waals surface area contributed by atoms with Crippen LogP contribution < -0.4 is 10.6 Å². The Balaban J connectivity index is 2.15. The standard InChI is InChI=1S/C12H16N2O2/c1-14(11-5-3-2-4-10(11)13)12(15)9-6-7-16-8-9/h2-5,9H,6-8,13H2,1H3. The first-order valence-electron chi connectivity index (χ1n) is 5.40. The average Bonchev–Trinajstić information content (AvgIpc) is 2.81. The fourth-order valence-corrected chi connectivity index (χ4v) is 1.91. The van der Waals surface area contributed by atoms with Gasteiger partial charge in [-0.1, -0.05) is 12.1 Å². The zero-order valence-electron chi connectivity index (χ0n) is 9.35. The molecular weight excluding hydrogens is 204 g/mol.